The van der Waals surface area contributed by atoms with Crippen LogP contribution in [0.1, 0.15) is 43.7 Å². The summed E-state index contributed by atoms with van der Waals surface area (Å²) >= 11 is 0. The van der Waals surface area contributed by atoms with Crippen LogP contribution in [0, 0.1) is 11.6 Å². The third kappa shape index (κ3) is 4.65. The van der Waals surface area contributed by atoms with E-state index in [9.17, 15) is 8.78 Å². The summed E-state index contributed by atoms with van der Waals surface area (Å²) in [6.07, 6.45) is 6.70. The summed E-state index contributed by atoms with van der Waals surface area (Å²) < 4.78 is 26.1. The lowest BCUT2D eigenvalue weighted by Gasteiger charge is -2.12. The van der Waals surface area contributed by atoms with Crippen LogP contribution in [0.15, 0.2) is 30.9 Å². The molecule has 1 nitrogen and oxygen atoms in total. The van der Waals surface area contributed by atoms with E-state index in [1.807, 2.05) is 6.08 Å². The first-order valence-corrected chi connectivity index (χ1v) is 5.96. The van der Waals surface area contributed by atoms with Crippen LogP contribution in [0.2, 0.25) is 0 Å². The van der Waals surface area contributed by atoms with Crippen molar-refractivity contribution in [2.24, 2.45) is 5.73 Å². The fourth-order valence-corrected chi connectivity index (χ4v) is 1.79. The molecule has 17 heavy (non-hydrogen) atoms. The molecule has 0 fully saturated rings. The number of benzene rings is 1. The van der Waals surface area contributed by atoms with Crippen molar-refractivity contribution >= 4 is 0 Å². The van der Waals surface area contributed by atoms with Gasteiger partial charge in [0.1, 0.15) is 11.6 Å². The van der Waals surface area contributed by atoms with Gasteiger partial charge >= 0.3 is 0 Å². The minimum absolute atomic E-state index is 0.348. The molecule has 3 heteroatoms. The lowest BCUT2D eigenvalue weighted by Crippen LogP contribution is -2.12. The second kappa shape index (κ2) is 7.17. The Labute approximate surface area is 101 Å². The Bertz CT molecular complexity index is 363. The Kier molecular flexibility index (Phi) is 5.84. The van der Waals surface area contributed by atoms with Gasteiger partial charge in [0.25, 0.3) is 0 Å². The van der Waals surface area contributed by atoms with Crippen LogP contribution in [0.25, 0.3) is 0 Å². The van der Waals surface area contributed by atoms with Crippen molar-refractivity contribution in [1.82, 2.24) is 0 Å². The Balaban J connectivity index is 2.41. The number of halogens is 2. The molecule has 0 saturated carbocycles. The monoisotopic (exact) mass is 239 g/mol. The van der Waals surface area contributed by atoms with Crippen molar-refractivity contribution in [3.63, 3.8) is 0 Å². The molecule has 0 heterocycles. The largest absolute Gasteiger partial charge is 0.324 e. The van der Waals surface area contributed by atoms with Gasteiger partial charge in [0, 0.05) is 17.7 Å². The first kappa shape index (κ1) is 13.8. The SMILES string of the molecule is C=CCCCCCC(N)c1ccc(F)cc1F. The molecule has 1 unspecified atom stereocenters. The summed E-state index contributed by atoms with van der Waals surface area (Å²) in [6.45, 7) is 3.65. The molecule has 2 N–H and O–H groups in total. The topological polar surface area (TPSA) is 26.0 Å². The molecule has 0 spiro atoms. The molecule has 0 aliphatic rings. The van der Waals surface area contributed by atoms with E-state index in [1.165, 1.54) is 12.1 Å². The van der Waals surface area contributed by atoms with Gasteiger partial charge in [0.2, 0.25) is 0 Å². The summed E-state index contributed by atoms with van der Waals surface area (Å²) in [6, 6.07) is 3.21. The minimum Gasteiger partial charge on any atom is -0.324 e. The molecule has 0 aliphatic heterocycles. The third-order valence-corrected chi connectivity index (χ3v) is 2.79. The highest BCUT2D eigenvalue weighted by molar-refractivity contribution is 5.21. The first-order chi connectivity index (χ1) is 8.15. The molecule has 0 saturated heterocycles. The first-order valence-electron chi connectivity index (χ1n) is 5.96. The van der Waals surface area contributed by atoms with E-state index in [0.29, 0.717) is 5.56 Å². The van der Waals surface area contributed by atoms with Crippen molar-refractivity contribution in [2.45, 2.75) is 38.1 Å². The number of hydrogen-bond acceptors (Lipinski definition) is 1. The summed E-state index contributed by atoms with van der Waals surface area (Å²) in [5, 5.41) is 0. The molecule has 0 aliphatic carbocycles. The van der Waals surface area contributed by atoms with Gasteiger partial charge in [-0.25, -0.2) is 8.78 Å². The molecule has 1 rings (SSSR count). The Morgan fingerprint density at radius 2 is 2.00 bits per heavy atom. The predicted molar refractivity (Wildman–Crippen MR) is 66.6 cm³/mol. The van der Waals surface area contributed by atoms with E-state index in [0.717, 1.165) is 38.2 Å². The second-order valence-electron chi connectivity index (χ2n) is 4.20. The zero-order chi connectivity index (χ0) is 12.7. The van der Waals surface area contributed by atoms with E-state index in [4.69, 9.17) is 5.73 Å². The maximum absolute atomic E-state index is 13.4. The highest BCUT2D eigenvalue weighted by atomic mass is 19.1. The van der Waals surface area contributed by atoms with Crippen molar-refractivity contribution in [1.29, 1.82) is 0 Å². The smallest absolute Gasteiger partial charge is 0.130 e. The summed E-state index contributed by atoms with van der Waals surface area (Å²) in [4.78, 5) is 0. The Morgan fingerprint density at radius 1 is 1.24 bits per heavy atom. The van der Waals surface area contributed by atoms with Gasteiger partial charge < -0.3 is 5.73 Å². The molecule has 0 bridgehead atoms. The van der Waals surface area contributed by atoms with Gasteiger partial charge in [0.05, 0.1) is 0 Å². The van der Waals surface area contributed by atoms with Crippen LogP contribution in [0.4, 0.5) is 8.78 Å². The number of unbranched alkanes of at least 4 members (excludes halogenated alkanes) is 3. The van der Waals surface area contributed by atoms with Crippen LogP contribution < -0.4 is 5.73 Å². The standard InChI is InChI=1S/C14H19F2N/c1-2-3-4-5-6-7-14(17)12-9-8-11(15)10-13(12)16/h2,8-10,14H,1,3-7,17H2. The van der Waals surface area contributed by atoms with Gasteiger partial charge in [-0.3, -0.25) is 0 Å². The fraction of sp³-hybridized carbons (Fsp3) is 0.429. The fourth-order valence-electron chi connectivity index (χ4n) is 1.79. The minimum atomic E-state index is -0.565. The molecule has 0 radical (unpaired) electrons. The molecule has 94 valence electrons. The predicted octanol–water partition coefficient (Wildman–Crippen LogP) is 4.10. The zero-order valence-corrected chi connectivity index (χ0v) is 9.96. The van der Waals surface area contributed by atoms with Crippen LogP contribution in [0.5, 0.6) is 0 Å². The van der Waals surface area contributed by atoms with Crippen molar-refractivity contribution in [2.75, 3.05) is 0 Å². The van der Waals surface area contributed by atoms with Crippen LogP contribution >= 0.6 is 0 Å². The number of hydrogen-bond donors (Lipinski definition) is 1. The van der Waals surface area contributed by atoms with Crippen LogP contribution in [-0.2, 0) is 0 Å². The number of allylic oxidation sites excluding steroid dienone is 1. The number of rotatable bonds is 7. The quantitative estimate of drug-likeness (QED) is 0.562. The van der Waals surface area contributed by atoms with E-state index in [2.05, 4.69) is 6.58 Å². The second-order valence-corrected chi connectivity index (χ2v) is 4.20. The molecular weight excluding hydrogens is 220 g/mol. The van der Waals surface area contributed by atoms with E-state index >= 15 is 0 Å². The lowest BCUT2D eigenvalue weighted by molar-refractivity contribution is 0.524. The molecule has 1 atom stereocenters. The molecule has 1 aromatic carbocycles. The van der Waals surface area contributed by atoms with Crippen LogP contribution in [0.3, 0.4) is 0 Å². The molecular formula is C14H19F2N. The molecule has 1 aromatic rings. The van der Waals surface area contributed by atoms with Gasteiger partial charge in [0.15, 0.2) is 0 Å². The third-order valence-electron chi connectivity index (χ3n) is 2.79. The Hall–Kier alpha value is -1.22. The van der Waals surface area contributed by atoms with E-state index in [-0.39, 0.29) is 6.04 Å². The molecule has 0 aromatic heterocycles. The van der Waals surface area contributed by atoms with Crippen molar-refractivity contribution in [3.05, 3.63) is 48.1 Å². The average molecular weight is 239 g/mol. The summed E-state index contributed by atoms with van der Waals surface area (Å²) in [7, 11) is 0. The maximum Gasteiger partial charge on any atom is 0.130 e. The average Bonchev–Trinajstić information content (AvgIpc) is 2.28. The van der Waals surface area contributed by atoms with Gasteiger partial charge in [-0.2, -0.15) is 0 Å². The normalized spacial score (nSPS) is 12.4. The van der Waals surface area contributed by atoms with Crippen molar-refractivity contribution < 1.29 is 8.78 Å². The summed E-state index contributed by atoms with van der Waals surface area (Å²) in [5.74, 6) is -1.12. The summed E-state index contributed by atoms with van der Waals surface area (Å²) in [5.41, 5.74) is 6.28. The Morgan fingerprint density at radius 3 is 2.65 bits per heavy atom. The van der Waals surface area contributed by atoms with Gasteiger partial charge in [-0.15, -0.1) is 6.58 Å². The highest BCUT2D eigenvalue weighted by Gasteiger charge is 2.11. The maximum atomic E-state index is 13.4. The number of nitrogens with two attached hydrogens (primary N) is 1. The lowest BCUT2D eigenvalue weighted by atomic mass is 10.0. The zero-order valence-electron chi connectivity index (χ0n) is 9.96. The van der Waals surface area contributed by atoms with Gasteiger partial charge in [-0.1, -0.05) is 25.0 Å². The van der Waals surface area contributed by atoms with Gasteiger partial charge in [-0.05, 0) is 25.3 Å². The van der Waals surface area contributed by atoms with Crippen LogP contribution in [-0.4, -0.2) is 0 Å². The van der Waals surface area contributed by atoms with E-state index < -0.39 is 11.6 Å². The highest BCUT2D eigenvalue weighted by Crippen LogP contribution is 2.21. The van der Waals surface area contributed by atoms with Crippen molar-refractivity contribution in [3.8, 4) is 0 Å². The molecule has 0 amide bonds. The van der Waals surface area contributed by atoms with E-state index in [1.54, 1.807) is 0 Å².